The quantitative estimate of drug-likeness (QED) is 0.595. The molecular weight excluding hydrogens is 200 g/mol. The Labute approximate surface area is 101 Å². The van der Waals surface area contributed by atoms with Gasteiger partial charge in [0.15, 0.2) is 0 Å². The third-order valence-electron chi connectivity index (χ3n) is 3.47. The smallest absolute Gasteiger partial charge is 0.0617 e. The molecule has 2 N–H and O–H groups in total. The van der Waals surface area contributed by atoms with Crippen LogP contribution in [-0.4, -0.2) is 21.9 Å². The van der Waals surface area contributed by atoms with Crippen molar-refractivity contribution in [1.29, 1.82) is 0 Å². The predicted molar refractivity (Wildman–Crippen MR) is 69.5 cm³/mol. The van der Waals surface area contributed by atoms with Crippen LogP contribution in [0.5, 0.6) is 0 Å². The minimum Gasteiger partial charge on any atom is -0.393 e. The predicted octanol–water partition coefficient (Wildman–Crippen LogP) is 3.50. The van der Waals surface area contributed by atoms with Crippen molar-refractivity contribution >= 4 is 0 Å². The molecule has 0 rings (SSSR count). The van der Waals surface area contributed by atoms with Gasteiger partial charge in [0.1, 0.15) is 0 Å². The number of rotatable bonds is 9. The van der Waals surface area contributed by atoms with E-state index in [1.54, 1.807) is 0 Å². The number of hydrogen-bond donors (Lipinski definition) is 2. The highest BCUT2D eigenvalue weighted by Gasteiger charge is 2.21. The lowest BCUT2D eigenvalue weighted by Gasteiger charge is -2.25. The second-order valence-corrected chi connectivity index (χ2v) is 5.75. The molecule has 0 aromatic heterocycles. The van der Waals surface area contributed by atoms with Crippen LogP contribution in [0.2, 0.25) is 0 Å². The van der Waals surface area contributed by atoms with Gasteiger partial charge in [-0.25, -0.2) is 0 Å². The first-order chi connectivity index (χ1) is 7.34. The maximum Gasteiger partial charge on any atom is 0.0617 e. The highest BCUT2D eigenvalue weighted by Crippen LogP contribution is 2.22. The van der Waals surface area contributed by atoms with Gasteiger partial charge in [0.25, 0.3) is 0 Å². The van der Waals surface area contributed by atoms with Crippen molar-refractivity contribution in [3.05, 3.63) is 0 Å². The Morgan fingerprint density at radius 2 is 1.31 bits per heavy atom. The third-order valence-corrected chi connectivity index (χ3v) is 3.47. The molecule has 0 aromatic carbocycles. The van der Waals surface area contributed by atoms with Crippen LogP contribution < -0.4 is 0 Å². The number of hydrogen-bond acceptors (Lipinski definition) is 2. The number of aliphatic hydroxyl groups is 2. The Morgan fingerprint density at radius 3 is 1.75 bits per heavy atom. The Morgan fingerprint density at radius 1 is 0.875 bits per heavy atom. The monoisotopic (exact) mass is 230 g/mol. The molecule has 0 aliphatic carbocycles. The minimum absolute atomic E-state index is 0.143. The molecule has 0 radical (unpaired) electrons. The second kappa shape index (κ2) is 8.08. The minimum atomic E-state index is -0.535. The zero-order valence-electron chi connectivity index (χ0n) is 11.5. The van der Waals surface area contributed by atoms with E-state index in [0.717, 1.165) is 19.3 Å². The molecule has 0 aliphatic rings. The SMILES string of the molecule is CC(O)CCCCCCCC(C)C(C)(C)O. The number of aliphatic hydroxyl groups excluding tert-OH is 1. The van der Waals surface area contributed by atoms with Crippen molar-refractivity contribution in [2.24, 2.45) is 5.92 Å². The largest absolute Gasteiger partial charge is 0.393 e. The Bertz CT molecular complexity index is 159. The van der Waals surface area contributed by atoms with Crippen molar-refractivity contribution in [3.63, 3.8) is 0 Å². The molecule has 0 fully saturated rings. The van der Waals surface area contributed by atoms with Crippen LogP contribution in [0.15, 0.2) is 0 Å². The molecular formula is C14H30O2. The highest BCUT2D eigenvalue weighted by atomic mass is 16.3. The molecule has 2 atom stereocenters. The number of unbranched alkanes of at least 4 members (excludes halogenated alkanes) is 4. The van der Waals surface area contributed by atoms with Crippen molar-refractivity contribution < 1.29 is 10.2 Å². The van der Waals surface area contributed by atoms with Gasteiger partial charge >= 0.3 is 0 Å². The van der Waals surface area contributed by atoms with Crippen LogP contribution in [0.3, 0.4) is 0 Å². The van der Waals surface area contributed by atoms with Crippen LogP contribution in [0.1, 0.15) is 72.6 Å². The van der Waals surface area contributed by atoms with Gasteiger partial charge in [-0.15, -0.1) is 0 Å². The van der Waals surface area contributed by atoms with E-state index in [0.29, 0.717) is 5.92 Å². The van der Waals surface area contributed by atoms with Gasteiger partial charge in [0, 0.05) is 0 Å². The molecule has 0 spiro atoms. The average Bonchev–Trinajstić information content (AvgIpc) is 2.14. The molecule has 2 nitrogen and oxygen atoms in total. The normalized spacial score (nSPS) is 16.1. The third kappa shape index (κ3) is 9.17. The van der Waals surface area contributed by atoms with Crippen LogP contribution >= 0.6 is 0 Å². The second-order valence-electron chi connectivity index (χ2n) is 5.75. The summed E-state index contributed by atoms with van der Waals surface area (Å²) in [4.78, 5) is 0. The molecule has 16 heavy (non-hydrogen) atoms. The van der Waals surface area contributed by atoms with E-state index in [9.17, 15) is 5.11 Å². The molecule has 2 heteroatoms. The van der Waals surface area contributed by atoms with Crippen LogP contribution in [0.4, 0.5) is 0 Å². The standard InChI is InChI=1S/C14H30O2/c1-12(14(3,4)16)10-8-6-5-7-9-11-13(2)15/h12-13,15-16H,5-11H2,1-4H3. The summed E-state index contributed by atoms with van der Waals surface area (Å²) in [5.41, 5.74) is -0.535. The topological polar surface area (TPSA) is 40.5 Å². The zero-order chi connectivity index (χ0) is 12.6. The van der Waals surface area contributed by atoms with Gasteiger partial charge in [-0.3, -0.25) is 0 Å². The first-order valence-electron chi connectivity index (χ1n) is 6.74. The fraction of sp³-hybridized carbons (Fsp3) is 1.00. The fourth-order valence-electron chi connectivity index (χ4n) is 1.77. The average molecular weight is 230 g/mol. The fourth-order valence-corrected chi connectivity index (χ4v) is 1.77. The van der Waals surface area contributed by atoms with E-state index in [-0.39, 0.29) is 6.10 Å². The molecule has 0 amide bonds. The maximum absolute atomic E-state index is 9.76. The van der Waals surface area contributed by atoms with E-state index in [1.807, 2.05) is 20.8 Å². The van der Waals surface area contributed by atoms with E-state index < -0.39 is 5.60 Å². The Kier molecular flexibility index (Phi) is 8.04. The first kappa shape index (κ1) is 15.9. The van der Waals surface area contributed by atoms with E-state index in [2.05, 4.69) is 6.92 Å². The van der Waals surface area contributed by atoms with E-state index in [4.69, 9.17) is 5.11 Å². The van der Waals surface area contributed by atoms with Gasteiger partial charge in [0.2, 0.25) is 0 Å². The summed E-state index contributed by atoms with van der Waals surface area (Å²) >= 11 is 0. The van der Waals surface area contributed by atoms with Crippen molar-refractivity contribution in [3.8, 4) is 0 Å². The van der Waals surface area contributed by atoms with Crippen molar-refractivity contribution in [2.45, 2.75) is 84.3 Å². The summed E-state index contributed by atoms with van der Waals surface area (Å²) in [6, 6.07) is 0. The molecule has 0 saturated heterocycles. The zero-order valence-corrected chi connectivity index (χ0v) is 11.5. The van der Waals surface area contributed by atoms with Gasteiger partial charge in [0.05, 0.1) is 11.7 Å². The lowest BCUT2D eigenvalue weighted by atomic mass is 9.88. The van der Waals surface area contributed by atoms with E-state index >= 15 is 0 Å². The van der Waals surface area contributed by atoms with Gasteiger partial charge in [-0.1, -0.05) is 39.0 Å². The van der Waals surface area contributed by atoms with Crippen molar-refractivity contribution in [1.82, 2.24) is 0 Å². The lowest BCUT2D eigenvalue weighted by molar-refractivity contribution is 0.0203. The molecule has 0 heterocycles. The summed E-state index contributed by atoms with van der Waals surface area (Å²) in [6.07, 6.45) is 7.97. The molecule has 0 aromatic rings. The van der Waals surface area contributed by atoms with Crippen molar-refractivity contribution in [2.75, 3.05) is 0 Å². The molecule has 0 aliphatic heterocycles. The Balaban J connectivity index is 3.28. The highest BCUT2D eigenvalue weighted by molar-refractivity contribution is 4.73. The molecule has 0 saturated carbocycles. The van der Waals surface area contributed by atoms with Gasteiger partial charge in [-0.2, -0.15) is 0 Å². The van der Waals surface area contributed by atoms with Crippen LogP contribution in [-0.2, 0) is 0 Å². The van der Waals surface area contributed by atoms with Crippen LogP contribution in [0, 0.1) is 5.92 Å². The summed E-state index contributed by atoms with van der Waals surface area (Å²) in [5, 5.41) is 18.8. The summed E-state index contributed by atoms with van der Waals surface area (Å²) in [5.74, 6) is 0.380. The molecule has 0 bridgehead atoms. The van der Waals surface area contributed by atoms with E-state index in [1.165, 1.54) is 25.7 Å². The van der Waals surface area contributed by atoms with Gasteiger partial charge in [-0.05, 0) is 39.5 Å². The summed E-state index contributed by atoms with van der Waals surface area (Å²) in [7, 11) is 0. The van der Waals surface area contributed by atoms with Gasteiger partial charge < -0.3 is 10.2 Å². The summed E-state index contributed by atoms with van der Waals surface area (Å²) < 4.78 is 0. The summed E-state index contributed by atoms with van der Waals surface area (Å²) in [6.45, 7) is 7.75. The van der Waals surface area contributed by atoms with Crippen LogP contribution in [0.25, 0.3) is 0 Å². The molecule has 2 unspecified atom stereocenters. The lowest BCUT2D eigenvalue weighted by Crippen LogP contribution is -2.28. The molecule has 98 valence electrons. The maximum atomic E-state index is 9.76. The first-order valence-corrected chi connectivity index (χ1v) is 6.74. The Hall–Kier alpha value is -0.0800.